The smallest absolute Gasteiger partial charge is 0.119 e. The van der Waals surface area contributed by atoms with Crippen molar-refractivity contribution < 1.29 is 9.47 Å². The molecule has 0 amide bonds. The van der Waals surface area contributed by atoms with E-state index >= 15 is 0 Å². The van der Waals surface area contributed by atoms with E-state index < -0.39 is 0 Å². The molecule has 1 aromatic rings. The van der Waals surface area contributed by atoms with Gasteiger partial charge in [-0.25, -0.2) is 0 Å². The van der Waals surface area contributed by atoms with Crippen molar-refractivity contribution in [2.24, 2.45) is 5.41 Å². The highest BCUT2D eigenvalue weighted by molar-refractivity contribution is 5.31. The van der Waals surface area contributed by atoms with Gasteiger partial charge in [0.25, 0.3) is 0 Å². The molecule has 1 atom stereocenters. The van der Waals surface area contributed by atoms with Gasteiger partial charge in [-0.05, 0) is 60.9 Å². The van der Waals surface area contributed by atoms with E-state index in [1.165, 1.54) is 11.1 Å². The third-order valence-electron chi connectivity index (χ3n) is 4.43. The molecule has 1 aliphatic rings. The van der Waals surface area contributed by atoms with Gasteiger partial charge in [-0.3, -0.25) is 0 Å². The van der Waals surface area contributed by atoms with Gasteiger partial charge in [0.1, 0.15) is 11.5 Å². The molecule has 0 saturated heterocycles. The van der Waals surface area contributed by atoms with Gasteiger partial charge in [0.05, 0.1) is 14.2 Å². The molecule has 0 saturated carbocycles. The highest BCUT2D eigenvalue weighted by Gasteiger charge is 2.29. The summed E-state index contributed by atoms with van der Waals surface area (Å²) in [4.78, 5) is 0. The van der Waals surface area contributed by atoms with Crippen LogP contribution in [-0.2, 0) is 11.2 Å². The molecule has 0 radical (unpaired) electrons. The van der Waals surface area contributed by atoms with E-state index in [0.29, 0.717) is 0 Å². The molecule has 1 unspecified atom stereocenters. The predicted octanol–water partition coefficient (Wildman–Crippen LogP) is 4.51. The Kier molecular flexibility index (Phi) is 4.53. The highest BCUT2D eigenvalue weighted by atomic mass is 16.5. The monoisotopic (exact) mass is 272 g/mol. The van der Waals surface area contributed by atoms with Gasteiger partial charge in [-0.1, -0.05) is 25.1 Å². The first kappa shape index (κ1) is 14.7. The van der Waals surface area contributed by atoms with Crippen LogP contribution in [0.25, 0.3) is 0 Å². The van der Waals surface area contributed by atoms with Crippen LogP contribution >= 0.6 is 0 Å². The molecule has 0 heterocycles. The third-order valence-corrected chi connectivity index (χ3v) is 4.43. The fourth-order valence-corrected chi connectivity index (χ4v) is 2.76. The zero-order chi connectivity index (χ0) is 14.6. The Morgan fingerprint density at radius 3 is 2.70 bits per heavy atom. The molecule has 0 fully saturated rings. The maximum Gasteiger partial charge on any atom is 0.119 e. The lowest BCUT2D eigenvalue weighted by atomic mass is 9.73. The SMILES string of the molecule is COC1=C(C)C(C)(CCc2cccc(OC)c2)CC=C1. The topological polar surface area (TPSA) is 18.5 Å². The van der Waals surface area contributed by atoms with E-state index in [9.17, 15) is 0 Å². The van der Waals surface area contributed by atoms with E-state index in [-0.39, 0.29) is 5.41 Å². The van der Waals surface area contributed by atoms with Crippen molar-refractivity contribution >= 4 is 0 Å². The number of rotatable bonds is 5. The Morgan fingerprint density at radius 2 is 2.00 bits per heavy atom. The van der Waals surface area contributed by atoms with Crippen LogP contribution in [0.1, 0.15) is 32.3 Å². The summed E-state index contributed by atoms with van der Waals surface area (Å²) in [5, 5.41) is 0. The van der Waals surface area contributed by atoms with Crippen LogP contribution in [0.4, 0.5) is 0 Å². The first-order valence-electron chi connectivity index (χ1n) is 7.14. The Balaban J connectivity index is 2.09. The molecule has 0 aliphatic heterocycles. The van der Waals surface area contributed by atoms with Crippen molar-refractivity contribution in [3.8, 4) is 5.75 Å². The van der Waals surface area contributed by atoms with Crippen LogP contribution in [0.2, 0.25) is 0 Å². The minimum absolute atomic E-state index is 0.184. The normalized spacial score (nSPS) is 22.0. The summed E-state index contributed by atoms with van der Waals surface area (Å²) in [5.74, 6) is 1.95. The lowest BCUT2D eigenvalue weighted by Gasteiger charge is -2.33. The van der Waals surface area contributed by atoms with Crippen molar-refractivity contribution in [3.63, 3.8) is 0 Å². The van der Waals surface area contributed by atoms with Crippen LogP contribution < -0.4 is 4.74 Å². The Labute approximate surface area is 122 Å². The number of hydrogen-bond acceptors (Lipinski definition) is 2. The summed E-state index contributed by atoms with van der Waals surface area (Å²) in [7, 11) is 3.46. The summed E-state index contributed by atoms with van der Waals surface area (Å²) in [5.41, 5.74) is 2.86. The predicted molar refractivity (Wildman–Crippen MR) is 82.9 cm³/mol. The Hall–Kier alpha value is -1.70. The number of methoxy groups -OCH3 is 2. The maximum atomic E-state index is 5.46. The fourth-order valence-electron chi connectivity index (χ4n) is 2.76. The van der Waals surface area contributed by atoms with E-state index in [2.05, 4.69) is 44.2 Å². The Morgan fingerprint density at radius 1 is 1.20 bits per heavy atom. The van der Waals surface area contributed by atoms with Gasteiger partial charge in [0.15, 0.2) is 0 Å². The van der Waals surface area contributed by atoms with Gasteiger partial charge in [-0.15, -0.1) is 0 Å². The molecule has 0 N–H and O–H groups in total. The molecule has 0 spiro atoms. The average Bonchev–Trinajstić information content (AvgIpc) is 2.48. The first-order valence-corrected chi connectivity index (χ1v) is 7.14. The molecule has 20 heavy (non-hydrogen) atoms. The van der Waals surface area contributed by atoms with Gasteiger partial charge >= 0.3 is 0 Å². The van der Waals surface area contributed by atoms with E-state index in [4.69, 9.17) is 9.47 Å². The summed E-state index contributed by atoms with van der Waals surface area (Å²) >= 11 is 0. The molecule has 1 aromatic carbocycles. The minimum Gasteiger partial charge on any atom is -0.497 e. The second-order valence-corrected chi connectivity index (χ2v) is 5.71. The van der Waals surface area contributed by atoms with Gasteiger partial charge in [-0.2, -0.15) is 0 Å². The number of aryl methyl sites for hydroxylation is 1. The van der Waals surface area contributed by atoms with E-state index in [1.807, 2.05) is 6.07 Å². The third kappa shape index (κ3) is 3.06. The number of ether oxygens (including phenoxy) is 2. The van der Waals surface area contributed by atoms with E-state index in [0.717, 1.165) is 30.8 Å². The second kappa shape index (κ2) is 6.17. The summed E-state index contributed by atoms with van der Waals surface area (Å²) in [6, 6.07) is 8.34. The lowest BCUT2D eigenvalue weighted by molar-refractivity contribution is 0.268. The molecule has 0 bridgehead atoms. The van der Waals surface area contributed by atoms with Crippen LogP contribution in [-0.4, -0.2) is 14.2 Å². The van der Waals surface area contributed by atoms with Gasteiger partial charge in [0.2, 0.25) is 0 Å². The van der Waals surface area contributed by atoms with Gasteiger partial charge in [0, 0.05) is 0 Å². The van der Waals surface area contributed by atoms with Crippen molar-refractivity contribution in [3.05, 3.63) is 53.3 Å². The molecule has 1 aliphatic carbocycles. The minimum atomic E-state index is 0.184. The molecule has 2 rings (SSSR count). The summed E-state index contributed by atoms with van der Waals surface area (Å²) in [6.07, 6.45) is 7.55. The average molecular weight is 272 g/mol. The van der Waals surface area contributed by atoms with Crippen molar-refractivity contribution in [1.82, 2.24) is 0 Å². The summed E-state index contributed by atoms with van der Waals surface area (Å²) < 4.78 is 10.7. The number of allylic oxidation sites excluding steroid dienone is 3. The first-order chi connectivity index (χ1) is 9.59. The van der Waals surface area contributed by atoms with Crippen LogP contribution in [0.15, 0.2) is 47.7 Å². The molecular formula is C18H24O2. The zero-order valence-corrected chi connectivity index (χ0v) is 12.9. The van der Waals surface area contributed by atoms with Crippen LogP contribution in [0, 0.1) is 5.41 Å². The Bertz CT molecular complexity index is 528. The van der Waals surface area contributed by atoms with Crippen LogP contribution in [0.3, 0.4) is 0 Å². The maximum absolute atomic E-state index is 5.46. The van der Waals surface area contributed by atoms with Crippen LogP contribution in [0.5, 0.6) is 5.75 Å². The lowest BCUT2D eigenvalue weighted by Crippen LogP contribution is -2.22. The molecular weight excluding hydrogens is 248 g/mol. The molecule has 2 heteroatoms. The number of hydrogen-bond donors (Lipinski definition) is 0. The van der Waals surface area contributed by atoms with Gasteiger partial charge < -0.3 is 9.47 Å². The highest BCUT2D eigenvalue weighted by Crippen LogP contribution is 2.41. The van der Waals surface area contributed by atoms with Crippen molar-refractivity contribution in [2.45, 2.75) is 33.1 Å². The molecule has 2 nitrogen and oxygen atoms in total. The molecule has 108 valence electrons. The van der Waals surface area contributed by atoms with Crippen molar-refractivity contribution in [1.29, 1.82) is 0 Å². The standard InChI is InChI=1S/C18H24O2/c1-14-17(20-4)9-6-11-18(14,2)12-10-15-7-5-8-16(13-15)19-3/h5-9,13H,10-12H2,1-4H3. The summed E-state index contributed by atoms with van der Waals surface area (Å²) in [6.45, 7) is 4.51. The fraction of sp³-hybridized carbons (Fsp3) is 0.444. The zero-order valence-electron chi connectivity index (χ0n) is 12.9. The van der Waals surface area contributed by atoms with E-state index in [1.54, 1.807) is 14.2 Å². The molecule has 0 aromatic heterocycles. The largest absolute Gasteiger partial charge is 0.497 e. The van der Waals surface area contributed by atoms with Crippen molar-refractivity contribution in [2.75, 3.05) is 14.2 Å². The quantitative estimate of drug-likeness (QED) is 0.785. The second-order valence-electron chi connectivity index (χ2n) is 5.71. The number of benzene rings is 1.